The molecule has 1 heterocycles. The lowest BCUT2D eigenvalue weighted by Gasteiger charge is -2.09. The number of fused-ring (bicyclic) bond motifs is 1. The van der Waals surface area contributed by atoms with Crippen molar-refractivity contribution in [1.29, 1.82) is 0 Å². The third-order valence-corrected chi connectivity index (χ3v) is 3.33. The molecule has 0 radical (unpaired) electrons. The summed E-state index contributed by atoms with van der Waals surface area (Å²) in [5, 5.41) is 3.95. The molecule has 19 heavy (non-hydrogen) atoms. The Balaban J connectivity index is 2.19. The van der Waals surface area contributed by atoms with Crippen LogP contribution in [0.25, 0.3) is 10.9 Å². The summed E-state index contributed by atoms with van der Waals surface area (Å²) >= 11 is 3.40. The van der Waals surface area contributed by atoms with Gasteiger partial charge in [-0.3, -0.25) is 9.78 Å². The summed E-state index contributed by atoms with van der Waals surface area (Å²) in [5.41, 5.74) is 1.60. The molecule has 0 spiro atoms. The molecule has 0 atom stereocenters. The van der Waals surface area contributed by atoms with Gasteiger partial charge in [0.15, 0.2) is 0 Å². The Morgan fingerprint density at radius 1 is 1.42 bits per heavy atom. The van der Waals surface area contributed by atoms with E-state index < -0.39 is 0 Å². The minimum Gasteiger partial charge on any atom is -0.324 e. The van der Waals surface area contributed by atoms with Crippen LogP contribution in [-0.2, 0) is 4.79 Å². The molecule has 0 saturated heterocycles. The molecule has 1 aromatic carbocycles. The lowest BCUT2D eigenvalue weighted by atomic mass is 10.1. The van der Waals surface area contributed by atoms with Crippen molar-refractivity contribution in [3.63, 3.8) is 0 Å². The van der Waals surface area contributed by atoms with E-state index in [1.807, 2.05) is 24.3 Å². The van der Waals surface area contributed by atoms with E-state index in [0.29, 0.717) is 12.3 Å². The van der Waals surface area contributed by atoms with Gasteiger partial charge in [-0.05, 0) is 40.4 Å². The number of anilines is 1. The number of carbonyl (C=O) groups excluding carboxylic acids is 1. The zero-order valence-electron chi connectivity index (χ0n) is 11.1. The van der Waals surface area contributed by atoms with Crippen LogP contribution in [0.1, 0.15) is 26.7 Å². The number of hydrogen-bond acceptors (Lipinski definition) is 2. The van der Waals surface area contributed by atoms with Gasteiger partial charge in [0.05, 0.1) is 11.2 Å². The number of rotatable bonds is 4. The highest BCUT2D eigenvalue weighted by Gasteiger charge is 2.07. The summed E-state index contributed by atoms with van der Waals surface area (Å²) < 4.78 is 0.934. The number of amides is 1. The molecule has 0 unspecified atom stereocenters. The quantitative estimate of drug-likeness (QED) is 0.908. The molecule has 4 heteroatoms. The molecule has 3 nitrogen and oxygen atoms in total. The average molecular weight is 321 g/mol. The fraction of sp³-hybridized carbons (Fsp3) is 0.333. The molecule has 1 aromatic heterocycles. The molecule has 0 saturated carbocycles. The number of carbonyl (C=O) groups is 1. The van der Waals surface area contributed by atoms with Gasteiger partial charge >= 0.3 is 0 Å². The fourth-order valence-corrected chi connectivity index (χ4v) is 2.22. The number of halogens is 1. The van der Waals surface area contributed by atoms with Crippen molar-refractivity contribution in [3.8, 4) is 0 Å². The van der Waals surface area contributed by atoms with Crippen LogP contribution in [0.15, 0.2) is 34.9 Å². The van der Waals surface area contributed by atoms with Gasteiger partial charge in [0.25, 0.3) is 0 Å². The van der Waals surface area contributed by atoms with Crippen LogP contribution >= 0.6 is 15.9 Å². The van der Waals surface area contributed by atoms with Crippen molar-refractivity contribution in [3.05, 3.63) is 34.9 Å². The van der Waals surface area contributed by atoms with E-state index >= 15 is 0 Å². The first kappa shape index (κ1) is 14.0. The summed E-state index contributed by atoms with van der Waals surface area (Å²) in [4.78, 5) is 16.2. The highest BCUT2D eigenvalue weighted by atomic mass is 79.9. The molecular formula is C15H17BrN2O. The van der Waals surface area contributed by atoms with E-state index in [4.69, 9.17) is 0 Å². The molecular weight excluding hydrogens is 304 g/mol. The van der Waals surface area contributed by atoms with Gasteiger partial charge in [-0.25, -0.2) is 0 Å². The fourth-order valence-electron chi connectivity index (χ4n) is 1.87. The Bertz CT molecular complexity index is 596. The van der Waals surface area contributed by atoms with Crippen LogP contribution in [0.5, 0.6) is 0 Å². The zero-order valence-corrected chi connectivity index (χ0v) is 12.7. The SMILES string of the molecule is CC(C)CCC(=O)Nc1cccc2cc(Br)cnc12. The standard InChI is InChI=1S/C15H17BrN2O/c1-10(2)6-7-14(19)18-13-5-3-4-11-8-12(16)9-17-15(11)13/h3-5,8-10H,6-7H2,1-2H3,(H,18,19). The zero-order chi connectivity index (χ0) is 13.8. The van der Waals surface area contributed by atoms with E-state index in [2.05, 4.69) is 40.1 Å². The maximum Gasteiger partial charge on any atom is 0.224 e. The molecule has 0 fully saturated rings. The van der Waals surface area contributed by atoms with Gasteiger partial charge in [0.2, 0.25) is 5.91 Å². The highest BCUT2D eigenvalue weighted by Crippen LogP contribution is 2.24. The Kier molecular flexibility index (Phi) is 4.53. The molecule has 0 aliphatic heterocycles. The highest BCUT2D eigenvalue weighted by molar-refractivity contribution is 9.10. The maximum atomic E-state index is 11.9. The van der Waals surface area contributed by atoms with Crippen LogP contribution in [0, 0.1) is 5.92 Å². The van der Waals surface area contributed by atoms with Gasteiger partial charge < -0.3 is 5.32 Å². The lowest BCUT2D eigenvalue weighted by molar-refractivity contribution is -0.116. The summed E-state index contributed by atoms with van der Waals surface area (Å²) in [6.07, 6.45) is 3.19. The van der Waals surface area contributed by atoms with Gasteiger partial charge in [-0.1, -0.05) is 26.0 Å². The number of para-hydroxylation sites is 1. The number of pyridine rings is 1. The third kappa shape index (κ3) is 3.77. The van der Waals surface area contributed by atoms with Crippen LogP contribution in [-0.4, -0.2) is 10.9 Å². The largest absolute Gasteiger partial charge is 0.324 e. The Morgan fingerprint density at radius 2 is 2.21 bits per heavy atom. The van der Waals surface area contributed by atoms with Crippen LogP contribution in [0.4, 0.5) is 5.69 Å². The molecule has 0 bridgehead atoms. The molecule has 0 aliphatic carbocycles. The predicted octanol–water partition coefficient (Wildman–Crippen LogP) is 4.37. The van der Waals surface area contributed by atoms with Crippen molar-refractivity contribution >= 4 is 38.4 Å². The van der Waals surface area contributed by atoms with Crippen LogP contribution in [0.2, 0.25) is 0 Å². The Labute approximate surface area is 121 Å². The molecule has 1 amide bonds. The normalized spacial score (nSPS) is 10.9. The van der Waals surface area contributed by atoms with Crippen molar-refractivity contribution in [2.24, 2.45) is 5.92 Å². The predicted molar refractivity (Wildman–Crippen MR) is 82.1 cm³/mol. The van der Waals surface area contributed by atoms with Crippen molar-refractivity contribution < 1.29 is 4.79 Å². The maximum absolute atomic E-state index is 11.9. The number of nitrogens with zero attached hydrogens (tertiary/aromatic N) is 1. The van der Waals surface area contributed by atoms with E-state index in [0.717, 1.165) is 27.5 Å². The first-order valence-electron chi connectivity index (χ1n) is 6.40. The minimum absolute atomic E-state index is 0.0471. The minimum atomic E-state index is 0.0471. The monoisotopic (exact) mass is 320 g/mol. The second kappa shape index (κ2) is 6.15. The number of hydrogen-bond donors (Lipinski definition) is 1. The second-order valence-corrected chi connectivity index (χ2v) is 5.93. The van der Waals surface area contributed by atoms with E-state index in [9.17, 15) is 4.79 Å². The summed E-state index contributed by atoms with van der Waals surface area (Å²) in [5.74, 6) is 0.582. The van der Waals surface area contributed by atoms with E-state index in [1.54, 1.807) is 6.20 Å². The van der Waals surface area contributed by atoms with Crippen LogP contribution < -0.4 is 5.32 Å². The van der Waals surface area contributed by atoms with Crippen molar-refractivity contribution in [2.75, 3.05) is 5.32 Å². The summed E-state index contributed by atoms with van der Waals surface area (Å²) in [6, 6.07) is 7.79. The first-order valence-corrected chi connectivity index (χ1v) is 7.19. The number of nitrogens with one attached hydrogen (secondary N) is 1. The molecule has 100 valence electrons. The van der Waals surface area contributed by atoms with Gasteiger partial charge in [-0.2, -0.15) is 0 Å². The molecule has 2 aromatic rings. The number of benzene rings is 1. The Hall–Kier alpha value is -1.42. The molecule has 1 N–H and O–H groups in total. The van der Waals surface area contributed by atoms with E-state index in [1.165, 1.54) is 0 Å². The van der Waals surface area contributed by atoms with Crippen molar-refractivity contribution in [1.82, 2.24) is 4.98 Å². The average Bonchev–Trinajstić information content (AvgIpc) is 2.36. The van der Waals surface area contributed by atoms with E-state index in [-0.39, 0.29) is 5.91 Å². The van der Waals surface area contributed by atoms with Gasteiger partial charge in [0, 0.05) is 22.5 Å². The van der Waals surface area contributed by atoms with Gasteiger partial charge in [-0.15, -0.1) is 0 Å². The summed E-state index contributed by atoms with van der Waals surface area (Å²) in [7, 11) is 0. The topological polar surface area (TPSA) is 42.0 Å². The Morgan fingerprint density at radius 3 is 2.95 bits per heavy atom. The molecule has 2 rings (SSSR count). The van der Waals surface area contributed by atoms with Crippen LogP contribution in [0.3, 0.4) is 0 Å². The smallest absolute Gasteiger partial charge is 0.224 e. The van der Waals surface area contributed by atoms with Gasteiger partial charge in [0.1, 0.15) is 0 Å². The third-order valence-electron chi connectivity index (χ3n) is 2.90. The first-order chi connectivity index (χ1) is 9.06. The van der Waals surface area contributed by atoms with Crippen molar-refractivity contribution in [2.45, 2.75) is 26.7 Å². The second-order valence-electron chi connectivity index (χ2n) is 5.01. The summed E-state index contributed by atoms with van der Waals surface area (Å²) in [6.45, 7) is 4.23. The lowest BCUT2D eigenvalue weighted by Crippen LogP contribution is -2.12. The molecule has 0 aliphatic rings. The number of aromatic nitrogens is 1.